The fourth-order valence-corrected chi connectivity index (χ4v) is 4.05. The van der Waals surface area contributed by atoms with Crippen molar-refractivity contribution >= 4 is 11.8 Å². The highest BCUT2D eigenvalue weighted by Gasteiger charge is 2.41. The van der Waals surface area contributed by atoms with E-state index in [4.69, 9.17) is 0 Å². The molecule has 2 aliphatic rings. The minimum Gasteiger partial charge on any atom is -0.340 e. The first-order valence-corrected chi connectivity index (χ1v) is 8.80. The van der Waals surface area contributed by atoms with E-state index in [1.807, 2.05) is 4.90 Å². The summed E-state index contributed by atoms with van der Waals surface area (Å²) in [5, 5.41) is 0. The van der Waals surface area contributed by atoms with Gasteiger partial charge < -0.3 is 9.80 Å². The molecular weight excluding hydrogens is 307 g/mol. The molecule has 2 heterocycles. The first-order valence-electron chi connectivity index (χ1n) is 8.80. The summed E-state index contributed by atoms with van der Waals surface area (Å²) < 4.78 is 13.3. The summed E-state index contributed by atoms with van der Waals surface area (Å²) in [5.41, 5.74) is 0.829. The van der Waals surface area contributed by atoms with Crippen molar-refractivity contribution in [1.29, 1.82) is 0 Å². The largest absolute Gasteiger partial charge is 0.340 e. The molecule has 4 nitrogen and oxygen atoms in total. The van der Waals surface area contributed by atoms with Gasteiger partial charge in [-0.05, 0) is 50.3 Å². The van der Waals surface area contributed by atoms with Crippen LogP contribution in [0.5, 0.6) is 0 Å². The summed E-state index contributed by atoms with van der Waals surface area (Å²) in [6.45, 7) is 2.89. The highest BCUT2D eigenvalue weighted by atomic mass is 19.1. The van der Waals surface area contributed by atoms with Crippen molar-refractivity contribution < 1.29 is 14.0 Å². The molecule has 0 spiro atoms. The van der Waals surface area contributed by atoms with Gasteiger partial charge >= 0.3 is 0 Å². The number of carbonyl (C=O) groups excluding carboxylic acids is 2. The second kappa shape index (κ2) is 6.91. The van der Waals surface area contributed by atoms with Gasteiger partial charge in [-0.25, -0.2) is 4.39 Å². The molecule has 2 fully saturated rings. The van der Waals surface area contributed by atoms with Crippen LogP contribution in [0.25, 0.3) is 0 Å². The molecule has 3 atom stereocenters. The number of carbonyl (C=O) groups is 2. The Bertz CT molecular complexity index is 616. The lowest BCUT2D eigenvalue weighted by Crippen LogP contribution is -2.51. The van der Waals surface area contributed by atoms with Gasteiger partial charge in [0.05, 0.1) is 12.0 Å². The molecular formula is C19H25FN2O2. The van der Waals surface area contributed by atoms with E-state index in [1.165, 1.54) is 12.1 Å². The number of piperidine rings is 2. The van der Waals surface area contributed by atoms with Crippen molar-refractivity contribution in [3.8, 4) is 0 Å². The van der Waals surface area contributed by atoms with Crippen LogP contribution in [-0.4, -0.2) is 41.2 Å². The molecule has 5 heteroatoms. The molecule has 130 valence electrons. The normalized spacial score (nSPS) is 28.1. The standard InChI is InChI=1S/C19H25FN2O2/c1-13-5-3-4-12-22(13)19(24)16-10-11-17(23)21(2)18(16)14-6-8-15(20)9-7-14/h6-9,13,16,18H,3-5,10-12H2,1-2H3/t13-,16-,18+/m1/s1. The lowest BCUT2D eigenvalue weighted by atomic mass is 9.83. The van der Waals surface area contributed by atoms with E-state index in [9.17, 15) is 14.0 Å². The topological polar surface area (TPSA) is 40.6 Å². The Morgan fingerprint density at radius 3 is 2.54 bits per heavy atom. The van der Waals surface area contributed by atoms with Gasteiger partial charge in [0.25, 0.3) is 0 Å². The summed E-state index contributed by atoms with van der Waals surface area (Å²) in [6.07, 6.45) is 4.20. The number of hydrogen-bond donors (Lipinski definition) is 0. The summed E-state index contributed by atoms with van der Waals surface area (Å²) in [7, 11) is 1.75. The predicted octanol–water partition coefficient (Wildman–Crippen LogP) is 3.14. The molecule has 0 N–H and O–H groups in total. The molecule has 0 unspecified atom stereocenters. The minimum absolute atomic E-state index is 0.0417. The quantitative estimate of drug-likeness (QED) is 0.835. The number of hydrogen-bond acceptors (Lipinski definition) is 2. The Morgan fingerprint density at radius 1 is 1.17 bits per heavy atom. The van der Waals surface area contributed by atoms with Gasteiger partial charge in [-0.3, -0.25) is 9.59 Å². The van der Waals surface area contributed by atoms with Crippen molar-refractivity contribution in [3.05, 3.63) is 35.6 Å². The van der Waals surface area contributed by atoms with E-state index in [-0.39, 0.29) is 35.6 Å². The van der Waals surface area contributed by atoms with Crippen molar-refractivity contribution in [1.82, 2.24) is 9.80 Å². The van der Waals surface area contributed by atoms with Gasteiger partial charge in [0.2, 0.25) is 11.8 Å². The smallest absolute Gasteiger partial charge is 0.228 e. The molecule has 2 amide bonds. The zero-order chi connectivity index (χ0) is 17.3. The number of nitrogens with zero attached hydrogens (tertiary/aromatic N) is 2. The maximum absolute atomic E-state index is 13.3. The van der Waals surface area contributed by atoms with Gasteiger partial charge in [0, 0.05) is 26.1 Å². The number of likely N-dealkylation sites (tertiary alicyclic amines) is 2. The molecule has 0 bridgehead atoms. The van der Waals surface area contributed by atoms with Gasteiger partial charge in [-0.1, -0.05) is 12.1 Å². The Kier molecular flexibility index (Phi) is 4.88. The Hall–Kier alpha value is -1.91. The fourth-order valence-electron chi connectivity index (χ4n) is 4.05. The van der Waals surface area contributed by atoms with Crippen molar-refractivity contribution in [2.24, 2.45) is 5.92 Å². The van der Waals surface area contributed by atoms with Crippen LogP contribution in [0.15, 0.2) is 24.3 Å². The highest BCUT2D eigenvalue weighted by molar-refractivity contribution is 5.85. The predicted molar refractivity (Wildman–Crippen MR) is 89.7 cm³/mol. The van der Waals surface area contributed by atoms with Gasteiger partial charge in [0.15, 0.2) is 0 Å². The van der Waals surface area contributed by atoms with Crippen LogP contribution in [0.3, 0.4) is 0 Å². The van der Waals surface area contributed by atoms with E-state index in [0.29, 0.717) is 12.8 Å². The van der Waals surface area contributed by atoms with Crippen LogP contribution in [0.4, 0.5) is 4.39 Å². The molecule has 0 radical (unpaired) electrons. The van der Waals surface area contributed by atoms with Crippen molar-refractivity contribution in [3.63, 3.8) is 0 Å². The maximum Gasteiger partial charge on any atom is 0.228 e. The van der Waals surface area contributed by atoms with E-state index >= 15 is 0 Å². The van der Waals surface area contributed by atoms with Gasteiger partial charge in [-0.15, -0.1) is 0 Å². The van der Waals surface area contributed by atoms with Crippen LogP contribution in [0.1, 0.15) is 50.6 Å². The molecule has 0 aromatic heterocycles. The number of rotatable bonds is 2. The van der Waals surface area contributed by atoms with Crippen LogP contribution in [0.2, 0.25) is 0 Å². The first kappa shape index (κ1) is 16.9. The van der Waals surface area contributed by atoms with E-state index in [2.05, 4.69) is 6.92 Å². The molecule has 0 saturated carbocycles. The summed E-state index contributed by atoms with van der Waals surface area (Å²) in [6, 6.07) is 6.11. The van der Waals surface area contributed by atoms with Crippen LogP contribution >= 0.6 is 0 Å². The van der Waals surface area contributed by atoms with Crippen molar-refractivity contribution in [2.75, 3.05) is 13.6 Å². The number of amides is 2. The van der Waals surface area contributed by atoms with Gasteiger partial charge in [0.1, 0.15) is 5.82 Å². The Morgan fingerprint density at radius 2 is 1.88 bits per heavy atom. The maximum atomic E-state index is 13.3. The lowest BCUT2D eigenvalue weighted by Gasteiger charge is -2.43. The fraction of sp³-hybridized carbons (Fsp3) is 0.579. The van der Waals surface area contributed by atoms with Crippen LogP contribution in [0, 0.1) is 11.7 Å². The van der Waals surface area contributed by atoms with Crippen LogP contribution < -0.4 is 0 Å². The molecule has 0 aliphatic carbocycles. The average Bonchev–Trinajstić information content (AvgIpc) is 2.58. The third kappa shape index (κ3) is 3.17. The number of benzene rings is 1. The summed E-state index contributed by atoms with van der Waals surface area (Å²) in [4.78, 5) is 29.0. The number of halogens is 1. The third-order valence-corrected chi connectivity index (χ3v) is 5.48. The molecule has 3 rings (SSSR count). The second-order valence-corrected chi connectivity index (χ2v) is 7.02. The third-order valence-electron chi connectivity index (χ3n) is 5.48. The molecule has 2 saturated heterocycles. The lowest BCUT2D eigenvalue weighted by molar-refractivity contribution is -0.148. The molecule has 2 aliphatic heterocycles. The van der Waals surface area contributed by atoms with Crippen molar-refractivity contribution in [2.45, 2.75) is 51.1 Å². The first-order chi connectivity index (χ1) is 11.5. The van der Waals surface area contributed by atoms with E-state index < -0.39 is 0 Å². The van der Waals surface area contributed by atoms with Gasteiger partial charge in [-0.2, -0.15) is 0 Å². The summed E-state index contributed by atoms with van der Waals surface area (Å²) in [5.74, 6) is -0.384. The van der Waals surface area contributed by atoms with E-state index in [1.54, 1.807) is 24.1 Å². The summed E-state index contributed by atoms with van der Waals surface area (Å²) >= 11 is 0. The zero-order valence-electron chi connectivity index (χ0n) is 14.4. The molecule has 1 aromatic rings. The zero-order valence-corrected chi connectivity index (χ0v) is 14.4. The highest BCUT2D eigenvalue weighted by Crippen LogP contribution is 2.37. The Balaban J connectivity index is 1.89. The SMILES string of the molecule is C[C@@H]1CCCCN1C(=O)[C@@H]1CCC(=O)N(C)[C@H]1c1ccc(F)cc1. The van der Waals surface area contributed by atoms with Crippen LogP contribution in [-0.2, 0) is 9.59 Å². The molecule has 1 aromatic carbocycles. The molecule has 24 heavy (non-hydrogen) atoms. The monoisotopic (exact) mass is 332 g/mol. The second-order valence-electron chi connectivity index (χ2n) is 7.02. The Labute approximate surface area is 142 Å². The van der Waals surface area contributed by atoms with E-state index in [0.717, 1.165) is 31.4 Å². The average molecular weight is 332 g/mol. The minimum atomic E-state index is -0.312.